The third-order valence-corrected chi connectivity index (χ3v) is 7.46. The molecule has 1 saturated heterocycles. The average Bonchev–Trinajstić information content (AvgIpc) is 2.95. The average molecular weight is 359 g/mol. The van der Waals surface area contributed by atoms with Gasteiger partial charge in [-0.25, -0.2) is 8.42 Å². The van der Waals surface area contributed by atoms with E-state index in [1.54, 1.807) is 24.4 Å². The van der Waals surface area contributed by atoms with Gasteiger partial charge in [0.05, 0.1) is 4.34 Å². The van der Waals surface area contributed by atoms with Crippen molar-refractivity contribution in [3.8, 4) is 0 Å². The van der Waals surface area contributed by atoms with Gasteiger partial charge < -0.3 is 4.98 Å². The molecule has 0 amide bonds. The van der Waals surface area contributed by atoms with Gasteiger partial charge in [0.1, 0.15) is 4.21 Å². The molecule has 0 radical (unpaired) electrons. The van der Waals surface area contributed by atoms with Crippen LogP contribution in [0.5, 0.6) is 0 Å². The second kappa shape index (κ2) is 6.16. The van der Waals surface area contributed by atoms with Crippen LogP contribution in [0.15, 0.2) is 39.5 Å². The number of piperidine rings is 1. The van der Waals surface area contributed by atoms with Gasteiger partial charge in [0.2, 0.25) is 5.56 Å². The number of aromatic amines is 1. The van der Waals surface area contributed by atoms with Crippen LogP contribution in [0, 0.1) is 0 Å². The summed E-state index contributed by atoms with van der Waals surface area (Å²) in [6.07, 6.45) is 3.05. The number of nitrogens with one attached hydrogen (secondary N) is 1. The first-order valence-corrected chi connectivity index (χ1v) is 9.54. The minimum atomic E-state index is -3.46. The van der Waals surface area contributed by atoms with Crippen LogP contribution in [0.4, 0.5) is 0 Å². The van der Waals surface area contributed by atoms with Crippen molar-refractivity contribution in [2.45, 2.75) is 23.0 Å². The van der Waals surface area contributed by atoms with Crippen LogP contribution in [0.25, 0.3) is 0 Å². The maximum atomic E-state index is 12.5. The van der Waals surface area contributed by atoms with E-state index in [2.05, 4.69) is 4.98 Å². The van der Waals surface area contributed by atoms with Crippen molar-refractivity contribution in [2.24, 2.45) is 0 Å². The molecule has 118 valence electrons. The number of thiophene rings is 1. The molecule has 8 heteroatoms. The van der Waals surface area contributed by atoms with Crippen molar-refractivity contribution in [1.29, 1.82) is 0 Å². The van der Waals surface area contributed by atoms with Gasteiger partial charge in [-0.15, -0.1) is 11.3 Å². The van der Waals surface area contributed by atoms with Crippen molar-refractivity contribution in [2.75, 3.05) is 13.1 Å². The molecule has 3 heterocycles. The van der Waals surface area contributed by atoms with Crippen LogP contribution in [0.3, 0.4) is 0 Å². The van der Waals surface area contributed by atoms with E-state index < -0.39 is 10.0 Å². The van der Waals surface area contributed by atoms with Gasteiger partial charge in [-0.05, 0) is 42.5 Å². The van der Waals surface area contributed by atoms with Gasteiger partial charge in [-0.1, -0.05) is 11.6 Å². The summed E-state index contributed by atoms with van der Waals surface area (Å²) in [4.78, 5) is 14.0. The van der Waals surface area contributed by atoms with E-state index in [0.29, 0.717) is 30.3 Å². The number of H-pyrrole nitrogens is 1. The number of nitrogens with zero attached hydrogens (tertiary/aromatic N) is 1. The lowest BCUT2D eigenvalue weighted by Gasteiger charge is -2.30. The van der Waals surface area contributed by atoms with E-state index in [1.165, 1.54) is 4.31 Å². The molecule has 2 aromatic heterocycles. The monoisotopic (exact) mass is 358 g/mol. The van der Waals surface area contributed by atoms with Gasteiger partial charge >= 0.3 is 0 Å². The minimum Gasteiger partial charge on any atom is -0.329 e. The molecule has 1 fully saturated rings. The Balaban J connectivity index is 1.73. The van der Waals surface area contributed by atoms with Gasteiger partial charge in [0.15, 0.2) is 0 Å². The second-order valence-corrected chi connectivity index (χ2v) is 9.10. The highest BCUT2D eigenvalue weighted by Crippen LogP contribution is 2.33. The standard InChI is InChI=1S/C14H15ClN2O3S2/c15-12-1-2-14(21-12)22(19,20)17-7-4-10(5-8-17)11-3-6-16-13(18)9-11/h1-3,6,9-10H,4-5,7-8H2,(H,16,18). The van der Waals surface area contributed by atoms with Crippen molar-refractivity contribution >= 4 is 33.0 Å². The first-order chi connectivity index (χ1) is 10.5. The highest BCUT2D eigenvalue weighted by atomic mass is 35.5. The summed E-state index contributed by atoms with van der Waals surface area (Å²) in [6.45, 7) is 0.907. The van der Waals surface area contributed by atoms with Crippen molar-refractivity contribution in [1.82, 2.24) is 9.29 Å². The van der Waals surface area contributed by atoms with E-state index >= 15 is 0 Å². The zero-order valence-electron chi connectivity index (χ0n) is 11.7. The summed E-state index contributed by atoms with van der Waals surface area (Å²) in [5.41, 5.74) is 0.848. The van der Waals surface area contributed by atoms with Crippen molar-refractivity contribution in [3.05, 3.63) is 50.7 Å². The van der Waals surface area contributed by atoms with E-state index in [9.17, 15) is 13.2 Å². The molecule has 22 heavy (non-hydrogen) atoms. The first-order valence-electron chi connectivity index (χ1n) is 6.91. The highest BCUT2D eigenvalue weighted by Gasteiger charge is 2.30. The molecule has 0 atom stereocenters. The molecule has 1 N–H and O–H groups in total. The fourth-order valence-corrected chi connectivity index (χ4v) is 5.81. The predicted octanol–water partition coefficient (Wildman–Crippen LogP) is 2.66. The molecule has 0 spiro atoms. The fourth-order valence-electron chi connectivity index (χ4n) is 2.71. The van der Waals surface area contributed by atoms with Gasteiger partial charge in [0, 0.05) is 25.4 Å². The van der Waals surface area contributed by atoms with Crippen molar-refractivity contribution in [3.63, 3.8) is 0 Å². The molecule has 2 aromatic rings. The van der Waals surface area contributed by atoms with Crippen LogP contribution in [-0.2, 0) is 10.0 Å². The Morgan fingerprint density at radius 2 is 1.95 bits per heavy atom. The van der Waals surface area contributed by atoms with E-state index in [1.807, 2.05) is 6.07 Å². The Morgan fingerprint density at radius 3 is 2.55 bits per heavy atom. The molecule has 0 bridgehead atoms. The zero-order valence-corrected chi connectivity index (χ0v) is 14.0. The maximum absolute atomic E-state index is 12.5. The number of hydrogen-bond acceptors (Lipinski definition) is 4. The molecular formula is C14H15ClN2O3S2. The van der Waals surface area contributed by atoms with E-state index in [-0.39, 0.29) is 15.7 Å². The Hall–Kier alpha value is -1.15. The molecule has 0 unspecified atom stereocenters. The third-order valence-electron chi connectivity index (χ3n) is 3.87. The second-order valence-electron chi connectivity index (χ2n) is 5.22. The summed E-state index contributed by atoms with van der Waals surface area (Å²) in [7, 11) is -3.46. The summed E-state index contributed by atoms with van der Waals surface area (Å²) >= 11 is 6.90. The first kappa shape index (κ1) is 15.7. The fraction of sp³-hybridized carbons (Fsp3) is 0.357. The smallest absolute Gasteiger partial charge is 0.252 e. The molecule has 1 aliphatic heterocycles. The quantitative estimate of drug-likeness (QED) is 0.916. The normalized spacial score (nSPS) is 17.7. The van der Waals surface area contributed by atoms with Crippen molar-refractivity contribution < 1.29 is 8.42 Å². The summed E-state index contributed by atoms with van der Waals surface area (Å²) in [5.74, 6) is 0.223. The molecule has 0 aliphatic carbocycles. The summed E-state index contributed by atoms with van der Waals surface area (Å²) in [5, 5.41) is 0. The lowest BCUT2D eigenvalue weighted by atomic mass is 9.91. The van der Waals surface area contributed by atoms with Gasteiger partial charge in [-0.2, -0.15) is 4.31 Å². The topological polar surface area (TPSA) is 70.2 Å². The van der Waals surface area contributed by atoms with Crippen LogP contribution in [-0.4, -0.2) is 30.8 Å². The summed E-state index contributed by atoms with van der Waals surface area (Å²) < 4.78 is 27.3. The number of sulfonamides is 1. The number of rotatable bonds is 3. The minimum absolute atomic E-state index is 0.124. The van der Waals surface area contributed by atoms with E-state index in [0.717, 1.165) is 16.9 Å². The van der Waals surface area contributed by atoms with Gasteiger partial charge in [-0.3, -0.25) is 4.79 Å². The lowest BCUT2D eigenvalue weighted by molar-refractivity contribution is 0.320. The lowest BCUT2D eigenvalue weighted by Crippen LogP contribution is -2.37. The molecule has 1 aliphatic rings. The molecule has 0 saturated carbocycles. The van der Waals surface area contributed by atoms with E-state index in [4.69, 9.17) is 11.6 Å². The van der Waals surface area contributed by atoms with Crippen LogP contribution >= 0.6 is 22.9 Å². The Bertz CT molecular complexity index is 820. The highest BCUT2D eigenvalue weighted by molar-refractivity contribution is 7.91. The molecule has 5 nitrogen and oxygen atoms in total. The number of hydrogen-bond donors (Lipinski definition) is 1. The van der Waals surface area contributed by atoms with Crippen LogP contribution < -0.4 is 5.56 Å². The van der Waals surface area contributed by atoms with Crippen LogP contribution in [0.1, 0.15) is 24.3 Å². The number of aromatic nitrogens is 1. The SMILES string of the molecule is O=c1cc(C2CCN(S(=O)(=O)c3ccc(Cl)s3)CC2)cc[nH]1. The predicted molar refractivity (Wildman–Crippen MR) is 87.1 cm³/mol. The molecule has 3 rings (SSSR count). The van der Waals surface area contributed by atoms with Gasteiger partial charge in [0.25, 0.3) is 10.0 Å². The molecular weight excluding hydrogens is 344 g/mol. The number of halogens is 1. The largest absolute Gasteiger partial charge is 0.329 e. The zero-order chi connectivity index (χ0) is 15.7. The Kier molecular flexibility index (Phi) is 4.40. The maximum Gasteiger partial charge on any atom is 0.252 e. The Labute approximate surface area is 137 Å². The Morgan fingerprint density at radius 1 is 1.23 bits per heavy atom. The van der Waals surface area contributed by atoms with Crippen LogP contribution in [0.2, 0.25) is 4.34 Å². The molecule has 0 aromatic carbocycles. The number of pyridine rings is 1. The third kappa shape index (κ3) is 3.12. The summed E-state index contributed by atoms with van der Waals surface area (Å²) in [6, 6.07) is 6.62.